The molecule has 0 radical (unpaired) electrons. The van der Waals surface area contributed by atoms with Crippen molar-refractivity contribution in [3.8, 4) is 11.3 Å². The van der Waals surface area contributed by atoms with Gasteiger partial charge in [0.1, 0.15) is 5.82 Å². The number of aryl methyl sites for hydroxylation is 1. The van der Waals surface area contributed by atoms with Crippen LogP contribution in [0.4, 0.5) is 22.9 Å². The summed E-state index contributed by atoms with van der Waals surface area (Å²) in [7, 11) is -1.64. The highest BCUT2D eigenvalue weighted by Crippen LogP contribution is 2.34. The zero-order valence-corrected chi connectivity index (χ0v) is 28.9. The molecular formula is C37H40N8O3S. The van der Waals surface area contributed by atoms with Gasteiger partial charge in [-0.1, -0.05) is 6.07 Å². The number of fused-ring (bicyclic) bond motifs is 2. The van der Waals surface area contributed by atoms with Crippen molar-refractivity contribution < 1.29 is 13.5 Å². The van der Waals surface area contributed by atoms with Crippen molar-refractivity contribution in [3.05, 3.63) is 97.0 Å². The Hall–Kier alpha value is -5.04. The van der Waals surface area contributed by atoms with Crippen LogP contribution in [0.15, 0.2) is 96.3 Å². The zero-order chi connectivity index (χ0) is 34.3. The number of benzene rings is 3. The maximum absolute atomic E-state index is 13.2. The lowest BCUT2D eigenvalue weighted by Crippen LogP contribution is -2.44. The molecule has 0 unspecified atom stereocenters. The Morgan fingerprint density at radius 3 is 2.29 bits per heavy atom. The van der Waals surface area contributed by atoms with Crippen molar-refractivity contribution in [2.45, 2.75) is 37.8 Å². The van der Waals surface area contributed by atoms with Gasteiger partial charge < -0.3 is 20.2 Å². The van der Waals surface area contributed by atoms with Crippen LogP contribution in [0.3, 0.4) is 0 Å². The van der Waals surface area contributed by atoms with E-state index < -0.39 is 15.6 Å². The Bertz CT molecular complexity index is 2240. The molecule has 1 fully saturated rings. The van der Waals surface area contributed by atoms with E-state index >= 15 is 0 Å². The summed E-state index contributed by atoms with van der Waals surface area (Å²) < 4.78 is 30.8. The van der Waals surface area contributed by atoms with E-state index in [4.69, 9.17) is 4.98 Å². The van der Waals surface area contributed by atoms with E-state index in [1.807, 2.05) is 59.5 Å². The Morgan fingerprint density at radius 1 is 0.857 bits per heavy atom. The predicted octanol–water partition coefficient (Wildman–Crippen LogP) is 6.02. The highest BCUT2D eigenvalue weighted by molar-refractivity contribution is 7.92. The minimum Gasteiger partial charge on any atom is -0.389 e. The van der Waals surface area contributed by atoms with Gasteiger partial charge in [0.05, 0.1) is 34.4 Å². The smallest absolute Gasteiger partial charge is 0.261 e. The van der Waals surface area contributed by atoms with Gasteiger partial charge >= 0.3 is 0 Å². The van der Waals surface area contributed by atoms with Gasteiger partial charge in [-0.2, -0.15) is 5.10 Å². The molecular weight excluding hydrogens is 637 g/mol. The van der Waals surface area contributed by atoms with Gasteiger partial charge in [0, 0.05) is 77.4 Å². The van der Waals surface area contributed by atoms with Crippen LogP contribution in [-0.2, 0) is 16.6 Å². The van der Waals surface area contributed by atoms with E-state index in [1.165, 1.54) is 0 Å². The van der Waals surface area contributed by atoms with Crippen LogP contribution in [0.2, 0.25) is 0 Å². The largest absolute Gasteiger partial charge is 0.389 e. The first kappa shape index (κ1) is 32.5. The van der Waals surface area contributed by atoms with Gasteiger partial charge in [0.2, 0.25) is 0 Å². The standard InChI is InChI=1S/C37H40N8O3S/c1-25-31(13-14-34-33(25)23-40-45(34)24-37(2,3)46)36-32-21-35(39-22-26(32)15-16-38-36)41-27-5-7-28(8-6-27)42-49(47,48)30-11-9-29(10-12-30)44-19-17-43(4)18-20-44/h5-16,21-23,42,46H,17-20,24H2,1-4H3,(H,39,41). The molecule has 0 spiro atoms. The van der Waals surface area contributed by atoms with Crippen LogP contribution in [-0.4, -0.2) is 77.0 Å². The molecule has 7 rings (SSSR count). The van der Waals surface area contributed by atoms with Crippen LogP contribution in [0, 0.1) is 6.92 Å². The average Bonchev–Trinajstić information content (AvgIpc) is 3.48. The summed E-state index contributed by atoms with van der Waals surface area (Å²) in [5, 5.41) is 21.1. The molecule has 4 heterocycles. The van der Waals surface area contributed by atoms with Crippen molar-refractivity contribution >= 4 is 54.6 Å². The third-order valence-corrected chi connectivity index (χ3v) is 10.4. The number of nitrogens with zero attached hydrogens (tertiary/aromatic N) is 6. The fourth-order valence-electron chi connectivity index (χ4n) is 6.27. The summed E-state index contributed by atoms with van der Waals surface area (Å²) in [4.78, 5) is 14.2. The fourth-order valence-corrected chi connectivity index (χ4v) is 7.33. The number of aliphatic hydroxyl groups is 1. The number of hydrogen-bond donors (Lipinski definition) is 3. The Kier molecular flexibility index (Phi) is 8.47. The maximum atomic E-state index is 13.2. The summed E-state index contributed by atoms with van der Waals surface area (Å²) in [6, 6.07) is 22.1. The molecule has 252 valence electrons. The van der Waals surface area contributed by atoms with Gasteiger partial charge in [-0.25, -0.2) is 13.4 Å². The van der Waals surface area contributed by atoms with Crippen molar-refractivity contribution in [3.63, 3.8) is 0 Å². The van der Waals surface area contributed by atoms with Crippen LogP contribution in [0.1, 0.15) is 19.4 Å². The number of pyridine rings is 2. The number of anilines is 4. The van der Waals surface area contributed by atoms with Gasteiger partial charge in [0.25, 0.3) is 10.0 Å². The predicted molar refractivity (Wildman–Crippen MR) is 196 cm³/mol. The number of sulfonamides is 1. The average molecular weight is 677 g/mol. The van der Waals surface area contributed by atoms with Crippen molar-refractivity contribution in [2.75, 3.05) is 48.2 Å². The van der Waals surface area contributed by atoms with E-state index in [-0.39, 0.29) is 4.90 Å². The minimum atomic E-state index is -3.75. The maximum Gasteiger partial charge on any atom is 0.261 e. The topological polar surface area (TPSA) is 129 Å². The summed E-state index contributed by atoms with van der Waals surface area (Å²) in [6.07, 6.45) is 5.44. The second-order valence-corrected chi connectivity index (χ2v) is 15.0. The van der Waals surface area contributed by atoms with Crippen LogP contribution >= 0.6 is 0 Å². The van der Waals surface area contributed by atoms with Gasteiger partial charge in [-0.15, -0.1) is 0 Å². The summed E-state index contributed by atoms with van der Waals surface area (Å²) in [5.74, 6) is 0.632. The number of rotatable bonds is 9. The third-order valence-electron chi connectivity index (χ3n) is 8.96. The second kappa shape index (κ2) is 12.8. The van der Waals surface area contributed by atoms with Crippen molar-refractivity contribution in [2.24, 2.45) is 0 Å². The van der Waals surface area contributed by atoms with Crippen LogP contribution in [0.5, 0.6) is 0 Å². The molecule has 3 N–H and O–H groups in total. The lowest BCUT2D eigenvalue weighted by Gasteiger charge is -2.34. The van der Waals surface area contributed by atoms with Crippen LogP contribution in [0.25, 0.3) is 32.9 Å². The molecule has 6 aromatic rings. The van der Waals surface area contributed by atoms with Crippen molar-refractivity contribution in [1.82, 2.24) is 24.6 Å². The van der Waals surface area contributed by atoms with E-state index in [2.05, 4.69) is 50.0 Å². The Labute approximate surface area is 286 Å². The van der Waals surface area contributed by atoms with E-state index in [9.17, 15) is 13.5 Å². The number of likely N-dealkylation sites (N-methyl/N-ethyl adjacent to an activating group) is 1. The lowest BCUT2D eigenvalue weighted by atomic mass is 9.98. The van der Waals surface area contributed by atoms with Gasteiger partial charge in [-0.05, 0) is 100 Å². The molecule has 1 aliphatic rings. The summed E-state index contributed by atoms with van der Waals surface area (Å²) in [5.41, 5.74) is 5.19. The molecule has 0 aliphatic carbocycles. The zero-order valence-electron chi connectivity index (χ0n) is 28.1. The molecule has 0 amide bonds. The fraction of sp³-hybridized carbons (Fsp3) is 0.270. The molecule has 3 aromatic carbocycles. The lowest BCUT2D eigenvalue weighted by molar-refractivity contribution is 0.0591. The summed E-state index contributed by atoms with van der Waals surface area (Å²) in [6.45, 7) is 9.80. The quantitative estimate of drug-likeness (QED) is 0.168. The molecule has 3 aromatic heterocycles. The highest BCUT2D eigenvalue weighted by Gasteiger charge is 2.20. The normalized spacial score (nSPS) is 14.4. The molecule has 11 nitrogen and oxygen atoms in total. The first-order valence-corrected chi connectivity index (χ1v) is 17.8. The first-order valence-electron chi connectivity index (χ1n) is 16.3. The molecule has 1 saturated heterocycles. The Morgan fingerprint density at radius 2 is 1.57 bits per heavy atom. The van der Waals surface area contributed by atoms with Crippen molar-refractivity contribution in [1.29, 1.82) is 0 Å². The molecule has 0 bridgehead atoms. The van der Waals surface area contributed by atoms with Gasteiger partial charge in [-0.3, -0.25) is 14.4 Å². The SMILES string of the molecule is Cc1c(-c2nccc3cnc(Nc4ccc(NS(=O)(=O)c5ccc(N6CCN(C)CC6)cc5)cc4)cc23)ccc2c1cnn2CC(C)(C)O. The summed E-state index contributed by atoms with van der Waals surface area (Å²) >= 11 is 0. The number of piperazine rings is 1. The van der Waals surface area contributed by atoms with Gasteiger partial charge in [0.15, 0.2) is 0 Å². The van der Waals surface area contributed by atoms with Crippen LogP contribution < -0.4 is 14.9 Å². The molecule has 0 saturated carbocycles. The molecule has 1 aliphatic heterocycles. The Balaban J connectivity index is 1.08. The number of nitrogens with one attached hydrogen (secondary N) is 2. The highest BCUT2D eigenvalue weighted by atomic mass is 32.2. The second-order valence-electron chi connectivity index (χ2n) is 13.3. The van der Waals surface area contributed by atoms with E-state index in [0.717, 1.165) is 76.1 Å². The number of hydrogen-bond acceptors (Lipinski definition) is 9. The molecule has 0 atom stereocenters. The monoisotopic (exact) mass is 676 g/mol. The first-order chi connectivity index (χ1) is 23.4. The van der Waals surface area contributed by atoms with E-state index in [1.54, 1.807) is 44.3 Å². The third kappa shape index (κ3) is 6.93. The molecule has 12 heteroatoms. The minimum absolute atomic E-state index is 0.217. The van der Waals surface area contributed by atoms with E-state index in [0.29, 0.717) is 18.1 Å². The number of aromatic nitrogens is 4. The molecule has 49 heavy (non-hydrogen) atoms.